The molecule has 0 amide bonds. The van der Waals surface area contributed by atoms with Crippen LogP contribution >= 0.6 is 0 Å². The Bertz CT molecular complexity index is 255. The first-order valence-corrected chi connectivity index (χ1v) is 8.47. The summed E-state index contributed by atoms with van der Waals surface area (Å²) in [5.41, 5.74) is 0. The van der Waals surface area contributed by atoms with Crippen molar-refractivity contribution in [2.45, 2.75) is 77.2 Å². The molecule has 110 valence electrons. The summed E-state index contributed by atoms with van der Waals surface area (Å²) in [4.78, 5) is 0. The quantitative estimate of drug-likeness (QED) is 0.608. The Morgan fingerprint density at radius 2 is 1.37 bits per heavy atom. The SMILES string of the molecule is CC=C[C@H]1CC[C@H](CC[C@H]2CC[C@H](OC)CC2)CC1. The van der Waals surface area contributed by atoms with E-state index in [0.717, 1.165) is 17.8 Å². The van der Waals surface area contributed by atoms with Crippen LogP contribution in [0.25, 0.3) is 0 Å². The summed E-state index contributed by atoms with van der Waals surface area (Å²) in [7, 11) is 1.87. The molecule has 0 aromatic rings. The molecule has 2 aliphatic carbocycles. The molecule has 0 aromatic carbocycles. The maximum absolute atomic E-state index is 5.46. The monoisotopic (exact) mass is 264 g/mol. The predicted octanol–water partition coefficient (Wildman–Crippen LogP) is 5.35. The minimum atomic E-state index is 0.563. The lowest BCUT2D eigenvalue weighted by molar-refractivity contribution is 0.0541. The van der Waals surface area contributed by atoms with Crippen LogP contribution < -0.4 is 0 Å². The van der Waals surface area contributed by atoms with Crippen LogP contribution in [-0.4, -0.2) is 13.2 Å². The molecule has 0 aliphatic heterocycles. The van der Waals surface area contributed by atoms with Gasteiger partial charge in [-0.15, -0.1) is 0 Å². The van der Waals surface area contributed by atoms with Gasteiger partial charge in [-0.25, -0.2) is 0 Å². The van der Waals surface area contributed by atoms with E-state index in [9.17, 15) is 0 Å². The van der Waals surface area contributed by atoms with E-state index in [4.69, 9.17) is 4.74 Å². The zero-order valence-electron chi connectivity index (χ0n) is 12.9. The molecule has 0 heterocycles. The second-order valence-electron chi connectivity index (χ2n) is 6.76. The summed E-state index contributed by atoms with van der Waals surface area (Å²) in [5, 5.41) is 0. The highest BCUT2D eigenvalue weighted by Crippen LogP contribution is 2.35. The molecule has 0 unspecified atom stereocenters. The molecule has 2 fully saturated rings. The van der Waals surface area contributed by atoms with Crippen molar-refractivity contribution in [2.75, 3.05) is 7.11 Å². The van der Waals surface area contributed by atoms with Gasteiger partial charge in [-0.1, -0.05) is 25.0 Å². The van der Waals surface area contributed by atoms with Crippen LogP contribution in [0.4, 0.5) is 0 Å². The van der Waals surface area contributed by atoms with Crippen molar-refractivity contribution in [1.82, 2.24) is 0 Å². The van der Waals surface area contributed by atoms with Crippen LogP contribution in [0, 0.1) is 17.8 Å². The Morgan fingerprint density at radius 1 is 0.842 bits per heavy atom. The molecule has 1 nitrogen and oxygen atoms in total. The molecule has 2 aliphatic rings. The van der Waals surface area contributed by atoms with Crippen molar-refractivity contribution in [1.29, 1.82) is 0 Å². The van der Waals surface area contributed by atoms with E-state index in [1.807, 2.05) is 7.11 Å². The molecule has 19 heavy (non-hydrogen) atoms. The molecule has 0 spiro atoms. The van der Waals surface area contributed by atoms with Gasteiger partial charge in [0.05, 0.1) is 6.10 Å². The van der Waals surface area contributed by atoms with E-state index >= 15 is 0 Å². The maximum Gasteiger partial charge on any atom is 0.0571 e. The molecular formula is C18H32O. The lowest BCUT2D eigenvalue weighted by Crippen LogP contribution is -2.21. The smallest absolute Gasteiger partial charge is 0.0571 e. The lowest BCUT2D eigenvalue weighted by atomic mass is 9.77. The number of methoxy groups -OCH3 is 1. The summed E-state index contributed by atoms with van der Waals surface area (Å²) in [6, 6.07) is 0. The number of hydrogen-bond donors (Lipinski definition) is 0. The molecule has 1 heteroatoms. The minimum absolute atomic E-state index is 0.563. The van der Waals surface area contributed by atoms with Crippen LogP contribution in [-0.2, 0) is 4.74 Å². The topological polar surface area (TPSA) is 9.23 Å². The highest BCUT2D eigenvalue weighted by Gasteiger charge is 2.23. The van der Waals surface area contributed by atoms with Crippen molar-refractivity contribution < 1.29 is 4.74 Å². The molecule has 0 aromatic heterocycles. The second kappa shape index (κ2) is 8.09. The highest BCUT2D eigenvalue weighted by atomic mass is 16.5. The summed E-state index contributed by atoms with van der Waals surface area (Å²) < 4.78 is 5.46. The van der Waals surface area contributed by atoms with Gasteiger partial charge in [-0.2, -0.15) is 0 Å². The first-order chi connectivity index (χ1) is 9.31. The number of ether oxygens (including phenoxy) is 1. The van der Waals surface area contributed by atoms with E-state index in [1.54, 1.807) is 0 Å². The number of rotatable bonds is 5. The van der Waals surface area contributed by atoms with Gasteiger partial charge in [0.2, 0.25) is 0 Å². The molecule has 0 atom stereocenters. The molecule has 2 rings (SSSR count). The third-order valence-corrected chi connectivity index (χ3v) is 5.47. The first kappa shape index (κ1) is 15.1. The average molecular weight is 264 g/mol. The Kier molecular flexibility index (Phi) is 6.43. The average Bonchev–Trinajstić information content (AvgIpc) is 2.47. The predicted molar refractivity (Wildman–Crippen MR) is 82.3 cm³/mol. The Morgan fingerprint density at radius 3 is 1.84 bits per heavy atom. The minimum Gasteiger partial charge on any atom is -0.381 e. The zero-order chi connectivity index (χ0) is 13.5. The van der Waals surface area contributed by atoms with Gasteiger partial charge in [-0.3, -0.25) is 0 Å². The standard InChI is InChI=1S/C18H32O/c1-3-4-15-5-7-16(8-6-15)9-10-17-11-13-18(19-2)14-12-17/h3-4,15-18H,5-14H2,1-2H3/t15-,16-,17-,18-. The molecule has 2 saturated carbocycles. The van der Waals surface area contributed by atoms with Gasteiger partial charge in [0.15, 0.2) is 0 Å². The summed E-state index contributed by atoms with van der Waals surface area (Å²) in [6.07, 6.45) is 19.4. The fraction of sp³-hybridized carbons (Fsp3) is 0.889. The Hall–Kier alpha value is -0.300. The largest absolute Gasteiger partial charge is 0.381 e. The molecule has 0 N–H and O–H groups in total. The van der Waals surface area contributed by atoms with Crippen LogP contribution in [0.1, 0.15) is 71.1 Å². The zero-order valence-corrected chi connectivity index (χ0v) is 12.9. The van der Waals surface area contributed by atoms with Crippen molar-refractivity contribution in [2.24, 2.45) is 17.8 Å². The van der Waals surface area contributed by atoms with Crippen LogP contribution in [0.15, 0.2) is 12.2 Å². The third-order valence-electron chi connectivity index (χ3n) is 5.47. The van der Waals surface area contributed by atoms with Crippen LogP contribution in [0.2, 0.25) is 0 Å². The van der Waals surface area contributed by atoms with Crippen LogP contribution in [0.3, 0.4) is 0 Å². The molecular weight excluding hydrogens is 232 g/mol. The van der Waals surface area contributed by atoms with Crippen molar-refractivity contribution in [3.8, 4) is 0 Å². The number of hydrogen-bond acceptors (Lipinski definition) is 1. The number of allylic oxidation sites excluding steroid dienone is 2. The fourth-order valence-corrected chi connectivity index (χ4v) is 4.07. The van der Waals surface area contributed by atoms with E-state index in [2.05, 4.69) is 19.1 Å². The summed E-state index contributed by atoms with van der Waals surface area (Å²) in [5.74, 6) is 2.92. The Balaban J connectivity index is 1.59. The summed E-state index contributed by atoms with van der Waals surface area (Å²) in [6.45, 7) is 2.16. The van der Waals surface area contributed by atoms with Gasteiger partial charge >= 0.3 is 0 Å². The first-order valence-electron chi connectivity index (χ1n) is 8.47. The van der Waals surface area contributed by atoms with Gasteiger partial charge in [0.25, 0.3) is 0 Å². The van der Waals surface area contributed by atoms with Crippen molar-refractivity contribution in [3.63, 3.8) is 0 Å². The van der Waals surface area contributed by atoms with Gasteiger partial charge in [0, 0.05) is 7.11 Å². The molecule has 0 bridgehead atoms. The molecule has 0 saturated heterocycles. The molecule has 0 radical (unpaired) electrons. The normalized spacial score (nSPS) is 36.7. The fourth-order valence-electron chi connectivity index (χ4n) is 4.07. The lowest BCUT2D eigenvalue weighted by Gasteiger charge is -2.31. The van der Waals surface area contributed by atoms with E-state index in [0.29, 0.717) is 6.10 Å². The van der Waals surface area contributed by atoms with Gasteiger partial charge in [0.1, 0.15) is 0 Å². The second-order valence-corrected chi connectivity index (χ2v) is 6.76. The van der Waals surface area contributed by atoms with Gasteiger partial charge in [-0.05, 0) is 76.0 Å². The van der Waals surface area contributed by atoms with E-state index < -0.39 is 0 Å². The maximum atomic E-state index is 5.46. The Labute approximate surface area is 119 Å². The van der Waals surface area contributed by atoms with Crippen LogP contribution in [0.5, 0.6) is 0 Å². The summed E-state index contributed by atoms with van der Waals surface area (Å²) >= 11 is 0. The third kappa shape index (κ3) is 4.95. The van der Waals surface area contributed by atoms with Crippen molar-refractivity contribution >= 4 is 0 Å². The van der Waals surface area contributed by atoms with E-state index in [1.165, 1.54) is 64.2 Å². The van der Waals surface area contributed by atoms with Gasteiger partial charge < -0.3 is 4.74 Å². The van der Waals surface area contributed by atoms with Crippen molar-refractivity contribution in [3.05, 3.63) is 12.2 Å². The van der Waals surface area contributed by atoms with E-state index in [-0.39, 0.29) is 0 Å². The highest BCUT2D eigenvalue weighted by molar-refractivity contribution is 4.89.